The summed E-state index contributed by atoms with van der Waals surface area (Å²) in [5.41, 5.74) is 1.37. The Morgan fingerprint density at radius 2 is 1.68 bits per heavy atom. The van der Waals surface area contributed by atoms with Gasteiger partial charge in [-0.2, -0.15) is 0 Å². The summed E-state index contributed by atoms with van der Waals surface area (Å²) in [5.74, 6) is 0.816. The molecular weight excluding hydrogens is 423 g/mol. The number of ketones is 1. The molecule has 0 saturated carbocycles. The maximum Gasteiger partial charge on any atom is 0.224 e. The number of nitrogens with one attached hydrogen (secondary N) is 1. The Morgan fingerprint density at radius 3 is 2.29 bits per heavy atom. The van der Waals surface area contributed by atoms with E-state index in [0.717, 1.165) is 31.5 Å². The Morgan fingerprint density at radius 1 is 1.03 bits per heavy atom. The average molecular weight is 451 g/mol. The van der Waals surface area contributed by atoms with Crippen LogP contribution in [-0.2, 0) is 11.2 Å². The van der Waals surface area contributed by atoms with Crippen LogP contribution in [0.15, 0.2) is 42.5 Å². The maximum atomic E-state index is 13.0. The lowest BCUT2D eigenvalue weighted by Crippen LogP contribution is -2.46. The Bertz CT molecular complexity index is 884. The molecule has 2 aromatic rings. The number of halogens is 2. The number of piperidine rings is 1. The largest absolute Gasteiger partial charge is 0.493 e. The number of amides is 1. The zero-order valence-electron chi connectivity index (χ0n) is 17.7. The van der Waals surface area contributed by atoms with Crippen molar-refractivity contribution in [3.63, 3.8) is 0 Å². The predicted molar refractivity (Wildman–Crippen MR) is 119 cm³/mol. The summed E-state index contributed by atoms with van der Waals surface area (Å²) in [5, 5.41) is 3.08. The molecule has 1 fully saturated rings. The molecule has 0 radical (unpaired) electrons. The molecule has 0 unspecified atom stereocenters. The minimum Gasteiger partial charge on any atom is -0.493 e. The number of carbonyl (C=O) groups excluding carboxylic acids is 2. The van der Waals surface area contributed by atoms with Gasteiger partial charge in [-0.05, 0) is 54.8 Å². The second-order valence-electron chi connectivity index (χ2n) is 7.41. The van der Waals surface area contributed by atoms with Crippen molar-refractivity contribution in [3.8, 4) is 11.5 Å². The van der Waals surface area contributed by atoms with Crippen LogP contribution in [0.25, 0.3) is 0 Å². The van der Waals surface area contributed by atoms with Crippen molar-refractivity contribution in [2.24, 2.45) is 0 Å². The van der Waals surface area contributed by atoms with E-state index in [0.29, 0.717) is 23.6 Å². The average Bonchev–Trinajstić information content (AvgIpc) is 2.75. The lowest BCUT2D eigenvalue weighted by molar-refractivity contribution is -0.121. The molecule has 1 saturated heterocycles. The van der Waals surface area contributed by atoms with E-state index in [-0.39, 0.29) is 42.4 Å². The summed E-state index contributed by atoms with van der Waals surface area (Å²) in [6.07, 6.45) is 1.84. The molecule has 1 aliphatic heterocycles. The van der Waals surface area contributed by atoms with Gasteiger partial charge in [-0.25, -0.2) is 4.39 Å². The van der Waals surface area contributed by atoms with Gasteiger partial charge in [0, 0.05) is 24.7 Å². The molecular formula is C23H28ClFN2O4. The predicted octanol–water partition coefficient (Wildman–Crippen LogP) is 3.27. The van der Waals surface area contributed by atoms with Crippen LogP contribution in [0.5, 0.6) is 11.5 Å². The highest BCUT2D eigenvalue weighted by Crippen LogP contribution is 2.27. The van der Waals surface area contributed by atoms with E-state index in [1.54, 1.807) is 20.3 Å². The summed E-state index contributed by atoms with van der Waals surface area (Å²) in [4.78, 5) is 26.8. The van der Waals surface area contributed by atoms with Gasteiger partial charge < -0.3 is 14.8 Å². The third-order valence-electron chi connectivity index (χ3n) is 5.30. The van der Waals surface area contributed by atoms with Crippen LogP contribution in [-0.4, -0.2) is 56.5 Å². The van der Waals surface area contributed by atoms with Crippen LogP contribution in [0.1, 0.15) is 28.8 Å². The number of benzene rings is 2. The highest BCUT2D eigenvalue weighted by atomic mass is 35.5. The van der Waals surface area contributed by atoms with Crippen LogP contribution in [0.3, 0.4) is 0 Å². The van der Waals surface area contributed by atoms with Crippen LogP contribution in [0.4, 0.5) is 4.39 Å². The van der Waals surface area contributed by atoms with Gasteiger partial charge in [-0.3, -0.25) is 14.5 Å². The van der Waals surface area contributed by atoms with E-state index in [2.05, 4.69) is 10.2 Å². The second-order valence-corrected chi connectivity index (χ2v) is 7.41. The van der Waals surface area contributed by atoms with Gasteiger partial charge in [0.2, 0.25) is 5.91 Å². The van der Waals surface area contributed by atoms with Crippen LogP contribution < -0.4 is 14.8 Å². The molecule has 8 heteroatoms. The number of rotatable bonds is 8. The smallest absolute Gasteiger partial charge is 0.224 e. The fourth-order valence-corrected chi connectivity index (χ4v) is 3.62. The van der Waals surface area contributed by atoms with Crippen molar-refractivity contribution in [3.05, 3.63) is 59.4 Å². The Balaban J connectivity index is 0.00000341. The zero-order valence-corrected chi connectivity index (χ0v) is 18.5. The number of hydrogen-bond donors (Lipinski definition) is 1. The summed E-state index contributed by atoms with van der Waals surface area (Å²) < 4.78 is 23.5. The lowest BCUT2D eigenvalue weighted by atomic mass is 10.0. The number of methoxy groups -OCH3 is 2. The molecule has 1 N–H and O–H groups in total. The van der Waals surface area contributed by atoms with E-state index in [1.807, 2.05) is 12.1 Å². The van der Waals surface area contributed by atoms with Gasteiger partial charge in [0.25, 0.3) is 0 Å². The van der Waals surface area contributed by atoms with Crippen molar-refractivity contribution in [2.45, 2.75) is 25.3 Å². The third-order valence-corrected chi connectivity index (χ3v) is 5.30. The molecule has 0 aliphatic carbocycles. The van der Waals surface area contributed by atoms with Crippen molar-refractivity contribution < 1.29 is 23.5 Å². The lowest BCUT2D eigenvalue weighted by Gasteiger charge is -2.31. The third kappa shape index (κ3) is 6.94. The molecule has 0 bridgehead atoms. The maximum absolute atomic E-state index is 13.0. The van der Waals surface area contributed by atoms with Gasteiger partial charge in [0.1, 0.15) is 5.82 Å². The zero-order chi connectivity index (χ0) is 21.5. The molecule has 168 valence electrons. The normalized spacial score (nSPS) is 14.4. The topological polar surface area (TPSA) is 67.9 Å². The fourth-order valence-electron chi connectivity index (χ4n) is 3.62. The highest BCUT2D eigenvalue weighted by Gasteiger charge is 2.22. The quantitative estimate of drug-likeness (QED) is 0.625. The SMILES string of the molecule is COc1ccc(CC(=O)NC2CCN(CC(=O)c3ccc(F)cc3)CC2)cc1OC.Cl. The molecule has 1 amide bonds. The first-order valence-electron chi connectivity index (χ1n) is 10.00. The molecule has 31 heavy (non-hydrogen) atoms. The highest BCUT2D eigenvalue weighted by molar-refractivity contribution is 5.97. The van der Waals surface area contributed by atoms with E-state index in [9.17, 15) is 14.0 Å². The fraction of sp³-hybridized carbons (Fsp3) is 0.391. The van der Waals surface area contributed by atoms with E-state index in [4.69, 9.17) is 9.47 Å². The summed E-state index contributed by atoms with van der Waals surface area (Å²) in [6.45, 7) is 1.76. The van der Waals surface area contributed by atoms with Crippen molar-refractivity contribution in [1.82, 2.24) is 10.2 Å². The van der Waals surface area contributed by atoms with Crippen molar-refractivity contribution in [2.75, 3.05) is 33.9 Å². The first-order chi connectivity index (χ1) is 14.5. The molecule has 1 aliphatic rings. The molecule has 0 atom stereocenters. The van der Waals surface area contributed by atoms with Crippen molar-refractivity contribution >= 4 is 24.1 Å². The van der Waals surface area contributed by atoms with Gasteiger partial charge in [-0.1, -0.05) is 6.07 Å². The Kier molecular flexibility index (Phi) is 9.27. The van der Waals surface area contributed by atoms with E-state index < -0.39 is 0 Å². The molecule has 3 rings (SSSR count). The summed E-state index contributed by atoms with van der Waals surface area (Å²) in [6, 6.07) is 11.2. The monoisotopic (exact) mass is 450 g/mol. The van der Waals surface area contributed by atoms with Crippen molar-refractivity contribution in [1.29, 1.82) is 0 Å². The van der Waals surface area contributed by atoms with Gasteiger partial charge >= 0.3 is 0 Å². The molecule has 2 aromatic carbocycles. The van der Waals surface area contributed by atoms with Crippen LogP contribution in [0, 0.1) is 5.82 Å². The van der Waals surface area contributed by atoms with E-state index in [1.165, 1.54) is 24.3 Å². The first-order valence-corrected chi connectivity index (χ1v) is 10.00. The number of Topliss-reactive ketones (excluding diaryl/α,β-unsaturated/α-hetero) is 1. The molecule has 0 aromatic heterocycles. The minimum absolute atomic E-state index is 0. The number of hydrogen-bond acceptors (Lipinski definition) is 5. The first kappa shape index (κ1) is 24.6. The van der Waals surface area contributed by atoms with E-state index >= 15 is 0 Å². The van der Waals surface area contributed by atoms with Gasteiger partial charge in [-0.15, -0.1) is 12.4 Å². The number of ether oxygens (including phenoxy) is 2. The Labute approximate surface area is 188 Å². The molecule has 1 heterocycles. The summed E-state index contributed by atoms with van der Waals surface area (Å²) in [7, 11) is 3.14. The Hall–Kier alpha value is -2.64. The number of nitrogens with zero attached hydrogens (tertiary/aromatic N) is 1. The van der Waals surface area contributed by atoms with Crippen LogP contribution >= 0.6 is 12.4 Å². The van der Waals surface area contributed by atoms with Crippen LogP contribution in [0.2, 0.25) is 0 Å². The van der Waals surface area contributed by atoms with Gasteiger partial charge in [0.15, 0.2) is 17.3 Å². The van der Waals surface area contributed by atoms with Gasteiger partial charge in [0.05, 0.1) is 27.2 Å². The number of carbonyl (C=O) groups is 2. The second kappa shape index (κ2) is 11.7. The molecule has 6 nitrogen and oxygen atoms in total. The number of likely N-dealkylation sites (tertiary alicyclic amines) is 1. The summed E-state index contributed by atoms with van der Waals surface area (Å²) >= 11 is 0. The molecule has 0 spiro atoms. The minimum atomic E-state index is -0.351. The standard InChI is InChI=1S/C23H27FN2O4.ClH/c1-29-21-8-3-16(13-22(21)30-2)14-23(28)25-19-9-11-26(12-10-19)15-20(27)17-4-6-18(24)7-5-17;/h3-8,13,19H,9-12,14-15H2,1-2H3,(H,25,28);1H.